The zero-order valence-corrected chi connectivity index (χ0v) is 14.1. The number of hydrogen-bond donors (Lipinski definition) is 2. The Morgan fingerprint density at radius 1 is 1.22 bits per heavy atom. The maximum Gasteiger partial charge on any atom is 0.313 e. The van der Waals surface area contributed by atoms with E-state index in [1.54, 1.807) is 12.1 Å². The largest absolute Gasteiger partial charge is 0.378 e. The van der Waals surface area contributed by atoms with Gasteiger partial charge in [0.2, 0.25) is 0 Å². The number of benzene rings is 1. The summed E-state index contributed by atoms with van der Waals surface area (Å²) in [5.74, 6) is -1.20. The Kier molecular flexibility index (Phi) is 5.98. The monoisotopic (exact) mass is 318 g/mol. The lowest BCUT2D eigenvalue weighted by molar-refractivity contribution is -0.136. The molecule has 126 valence electrons. The molecule has 23 heavy (non-hydrogen) atoms. The van der Waals surface area contributed by atoms with E-state index in [1.165, 1.54) is 0 Å². The van der Waals surface area contributed by atoms with Crippen LogP contribution in [-0.2, 0) is 9.59 Å². The number of nitrogens with one attached hydrogen (secondary N) is 2. The number of carbonyl (C=O) groups is 2. The van der Waals surface area contributed by atoms with Crippen molar-refractivity contribution >= 4 is 23.2 Å². The average Bonchev–Trinajstić information content (AvgIpc) is 3.00. The lowest BCUT2D eigenvalue weighted by Gasteiger charge is -2.22. The Labute approximate surface area is 137 Å². The molecule has 0 aromatic heterocycles. The molecular formula is C17H26N4O2. The number of anilines is 2. The van der Waals surface area contributed by atoms with E-state index in [0.29, 0.717) is 18.3 Å². The fourth-order valence-electron chi connectivity index (χ4n) is 2.86. The third-order valence-corrected chi connectivity index (χ3v) is 4.25. The number of carbonyl (C=O) groups excluding carboxylic acids is 2. The van der Waals surface area contributed by atoms with Gasteiger partial charge in [0, 0.05) is 38.1 Å². The highest BCUT2D eigenvalue weighted by Crippen LogP contribution is 2.16. The van der Waals surface area contributed by atoms with E-state index in [-0.39, 0.29) is 0 Å². The Morgan fingerprint density at radius 3 is 2.52 bits per heavy atom. The number of rotatable bonds is 5. The van der Waals surface area contributed by atoms with Crippen molar-refractivity contribution in [1.82, 2.24) is 10.2 Å². The second-order valence-electron chi connectivity index (χ2n) is 6.03. The Hall–Kier alpha value is -2.08. The predicted molar refractivity (Wildman–Crippen MR) is 92.7 cm³/mol. The van der Waals surface area contributed by atoms with Crippen LogP contribution in [0.4, 0.5) is 11.4 Å². The van der Waals surface area contributed by atoms with Gasteiger partial charge in [-0.3, -0.25) is 14.5 Å². The summed E-state index contributed by atoms with van der Waals surface area (Å²) >= 11 is 0. The van der Waals surface area contributed by atoms with Crippen molar-refractivity contribution in [1.29, 1.82) is 0 Å². The molecule has 6 nitrogen and oxygen atoms in total. The summed E-state index contributed by atoms with van der Waals surface area (Å²) in [7, 11) is 3.90. The average molecular weight is 318 g/mol. The van der Waals surface area contributed by atoms with Gasteiger partial charge in [0.25, 0.3) is 0 Å². The van der Waals surface area contributed by atoms with Crippen molar-refractivity contribution in [2.24, 2.45) is 0 Å². The van der Waals surface area contributed by atoms with Crippen LogP contribution < -0.4 is 15.5 Å². The molecule has 2 amide bonds. The molecule has 6 heteroatoms. The normalized spacial score (nSPS) is 17.8. The van der Waals surface area contributed by atoms with Gasteiger partial charge in [-0.2, -0.15) is 0 Å². The third-order valence-electron chi connectivity index (χ3n) is 4.25. The highest BCUT2D eigenvalue weighted by molar-refractivity contribution is 6.39. The highest BCUT2D eigenvalue weighted by Gasteiger charge is 2.24. The van der Waals surface area contributed by atoms with Crippen LogP contribution in [0.5, 0.6) is 0 Å². The Bertz CT molecular complexity index is 542. The van der Waals surface area contributed by atoms with Crippen molar-refractivity contribution in [3.63, 3.8) is 0 Å². The molecule has 1 aromatic rings. The maximum atomic E-state index is 11.9. The summed E-state index contributed by atoms with van der Waals surface area (Å²) in [6.45, 7) is 4.69. The first-order valence-electron chi connectivity index (χ1n) is 8.12. The fraction of sp³-hybridized carbons (Fsp3) is 0.529. The van der Waals surface area contributed by atoms with Crippen LogP contribution in [0.3, 0.4) is 0 Å². The summed E-state index contributed by atoms with van der Waals surface area (Å²) in [6, 6.07) is 7.71. The van der Waals surface area contributed by atoms with E-state index in [9.17, 15) is 9.59 Å². The molecule has 1 aliphatic heterocycles. The van der Waals surface area contributed by atoms with Gasteiger partial charge in [-0.1, -0.05) is 6.92 Å². The van der Waals surface area contributed by atoms with E-state index in [0.717, 1.165) is 31.6 Å². The van der Waals surface area contributed by atoms with E-state index in [4.69, 9.17) is 0 Å². The van der Waals surface area contributed by atoms with Gasteiger partial charge in [0.05, 0.1) is 0 Å². The third kappa shape index (κ3) is 4.69. The molecular weight excluding hydrogens is 292 g/mol. The molecule has 1 fully saturated rings. The molecule has 0 spiro atoms. The van der Waals surface area contributed by atoms with Gasteiger partial charge in [-0.15, -0.1) is 0 Å². The first-order chi connectivity index (χ1) is 11.0. The number of likely N-dealkylation sites (N-methyl/N-ethyl adjacent to an activating group) is 1. The first-order valence-corrected chi connectivity index (χ1v) is 8.12. The molecule has 1 aromatic carbocycles. The minimum Gasteiger partial charge on any atom is -0.378 e. The van der Waals surface area contributed by atoms with Crippen LogP contribution in [0.1, 0.15) is 19.8 Å². The van der Waals surface area contributed by atoms with Gasteiger partial charge in [0.1, 0.15) is 0 Å². The van der Waals surface area contributed by atoms with E-state index in [1.807, 2.05) is 31.1 Å². The Morgan fingerprint density at radius 2 is 1.91 bits per heavy atom. The highest BCUT2D eigenvalue weighted by atomic mass is 16.2. The minimum atomic E-state index is -0.622. The van der Waals surface area contributed by atoms with Crippen molar-refractivity contribution < 1.29 is 9.59 Å². The molecule has 1 aliphatic rings. The maximum absolute atomic E-state index is 11.9. The predicted octanol–water partition coefficient (Wildman–Crippen LogP) is 1.29. The van der Waals surface area contributed by atoms with Gasteiger partial charge in [-0.05, 0) is 50.2 Å². The molecule has 0 saturated carbocycles. The smallest absolute Gasteiger partial charge is 0.313 e. The molecule has 0 unspecified atom stereocenters. The summed E-state index contributed by atoms with van der Waals surface area (Å²) in [5.41, 5.74) is 1.65. The summed E-state index contributed by atoms with van der Waals surface area (Å²) in [6.07, 6.45) is 2.22. The van der Waals surface area contributed by atoms with Gasteiger partial charge in [0.15, 0.2) is 0 Å². The van der Waals surface area contributed by atoms with Crippen LogP contribution in [0, 0.1) is 0 Å². The standard InChI is InChI=1S/C17H26N4O2/c1-4-21-11-5-6-15(21)12-18-16(22)17(23)19-13-7-9-14(10-8-13)20(2)3/h7-10,15H,4-6,11-12H2,1-3H3,(H,18,22)(H,19,23)/t15-/m1/s1. The van der Waals surface area contributed by atoms with E-state index < -0.39 is 11.8 Å². The molecule has 2 N–H and O–H groups in total. The molecule has 1 atom stereocenters. The van der Waals surface area contributed by atoms with Crippen molar-refractivity contribution in [2.75, 3.05) is 43.9 Å². The number of likely N-dealkylation sites (tertiary alicyclic amines) is 1. The lowest BCUT2D eigenvalue weighted by atomic mass is 10.2. The SMILES string of the molecule is CCN1CCC[C@@H]1CNC(=O)C(=O)Nc1ccc(N(C)C)cc1. The summed E-state index contributed by atoms with van der Waals surface area (Å²) in [4.78, 5) is 28.2. The quantitative estimate of drug-likeness (QED) is 0.803. The van der Waals surface area contributed by atoms with Gasteiger partial charge in [-0.25, -0.2) is 0 Å². The van der Waals surface area contributed by atoms with E-state index >= 15 is 0 Å². The molecule has 0 aliphatic carbocycles. The zero-order valence-electron chi connectivity index (χ0n) is 14.1. The van der Waals surface area contributed by atoms with Gasteiger partial charge >= 0.3 is 11.8 Å². The second-order valence-corrected chi connectivity index (χ2v) is 6.03. The zero-order chi connectivity index (χ0) is 16.8. The van der Waals surface area contributed by atoms with Crippen molar-refractivity contribution in [3.8, 4) is 0 Å². The van der Waals surface area contributed by atoms with Crippen molar-refractivity contribution in [3.05, 3.63) is 24.3 Å². The molecule has 0 radical (unpaired) electrons. The fourth-order valence-corrected chi connectivity index (χ4v) is 2.86. The van der Waals surface area contributed by atoms with E-state index in [2.05, 4.69) is 22.5 Å². The first kappa shape index (κ1) is 17.3. The Balaban J connectivity index is 1.81. The van der Waals surface area contributed by atoms with Crippen LogP contribution >= 0.6 is 0 Å². The number of nitrogens with zero attached hydrogens (tertiary/aromatic N) is 2. The number of amides is 2. The summed E-state index contributed by atoms with van der Waals surface area (Å²) in [5, 5.41) is 5.36. The van der Waals surface area contributed by atoms with Crippen LogP contribution in [0.2, 0.25) is 0 Å². The molecule has 2 rings (SSSR count). The van der Waals surface area contributed by atoms with Crippen LogP contribution in [0.15, 0.2) is 24.3 Å². The van der Waals surface area contributed by atoms with Crippen molar-refractivity contribution in [2.45, 2.75) is 25.8 Å². The second kappa shape index (κ2) is 7.97. The lowest BCUT2D eigenvalue weighted by Crippen LogP contribution is -2.43. The number of hydrogen-bond acceptors (Lipinski definition) is 4. The van der Waals surface area contributed by atoms with Crippen LogP contribution in [0.25, 0.3) is 0 Å². The minimum absolute atomic E-state index is 0.344. The molecule has 1 saturated heterocycles. The topological polar surface area (TPSA) is 64.7 Å². The summed E-state index contributed by atoms with van der Waals surface area (Å²) < 4.78 is 0. The molecule has 1 heterocycles. The molecule has 0 bridgehead atoms. The van der Waals surface area contributed by atoms with Crippen LogP contribution in [-0.4, -0.2) is 56.5 Å². The van der Waals surface area contributed by atoms with Gasteiger partial charge < -0.3 is 15.5 Å².